The lowest BCUT2D eigenvalue weighted by molar-refractivity contribution is -0.157. The molecule has 7 nitrogen and oxygen atoms in total. The van der Waals surface area contributed by atoms with Gasteiger partial charge in [0.15, 0.2) is 5.96 Å². The van der Waals surface area contributed by atoms with Crippen LogP contribution < -0.4 is 10.6 Å². The standard InChI is InChI=1S/C19H27F3N6O/c1-4-23-18(25-12-17(29)27(3)13-19(20,21)22)24-10-7-11-28-14(2)26-15-8-5-6-9-16(15)28/h5-6,8-9H,4,7,10-13H2,1-3H3,(H2,23,24,25). The normalized spacial score (nSPS) is 12.3. The number of aliphatic imine (C=N–C) groups is 1. The number of para-hydroxylation sites is 2. The number of carbonyl (C=O) groups excluding carboxylic acids is 1. The Morgan fingerprint density at radius 2 is 2.00 bits per heavy atom. The molecule has 1 heterocycles. The number of carbonyl (C=O) groups is 1. The molecule has 0 aliphatic rings. The Hall–Kier alpha value is -2.78. The van der Waals surface area contributed by atoms with Crippen LogP contribution in [0, 0.1) is 6.92 Å². The highest BCUT2D eigenvalue weighted by atomic mass is 19.4. The predicted molar refractivity (Wildman–Crippen MR) is 107 cm³/mol. The minimum absolute atomic E-state index is 0.354. The predicted octanol–water partition coefficient (Wildman–Crippen LogP) is 2.31. The molecule has 0 radical (unpaired) electrons. The third-order valence-corrected chi connectivity index (χ3v) is 4.26. The van der Waals surface area contributed by atoms with E-state index in [-0.39, 0.29) is 6.54 Å². The molecule has 1 amide bonds. The molecule has 29 heavy (non-hydrogen) atoms. The maximum Gasteiger partial charge on any atom is 0.406 e. The number of fused-ring (bicyclic) bond motifs is 1. The third kappa shape index (κ3) is 6.95. The van der Waals surface area contributed by atoms with Gasteiger partial charge in [0, 0.05) is 26.7 Å². The number of benzene rings is 1. The van der Waals surface area contributed by atoms with Gasteiger partial charge in [-0.05, 0) is 32.4 Å². The molecule has 2 aromatic rings. The molecule has 10 heteroatoms. The van der Waals surface area contributed by atoms with E-state index in [4.69, 9.17) is 0 Å². The first-order chi connectivity index (χ1) is 13.7. The van der Waals surface area contributed by atoms with Gasteiger partial charge >= 0.3 is 6.18 Å². The molecule has 0 aliphatic carbocycles. The summed E-state index contributed by atoms with van der Waals surface area (Å²) in [6.45, 7) is 4.11. The molecule has 1 aromatic carbocycles. The van der Waals surface area contributed by atoms with Gasteiger partial charge in [-0.1, -0.05) is 12.1 Å². The van der Waals surface area contributed by atoms with Gasteiger partial charge in [-0.3, -0.25) is 4.79 Å². The van der Waals surface area contributed by atoms with E-state index in [2.05, 4.69) is 25.2 Å². The zero-order valence-electron chi connectivity index (χ0n) is 16.9. The molecule has 2 N–H and O–H groups in total. The molecular formula is C19H27F3N6O. The fourth-order valence-electron chi connectivity index (χ4n) is 2.89. The monoisotopic (exact) mass is 412 g/mol. The summed E-state index contributed by atoms with van der Waals surface area (Å²) in [5.41, 5.74) is 2.03. The van der Waals surface area contributed by atoms with Crippen molar-refractivity contribution in [2.45, 2.75) is 33.0 Å². The van der Waals surface area contributed by atoms with Crippen molar-refractivity contribution < 1.29 is 18.0 Å². The fraction of sp³-hybridized carbons (Fsp3) is 0.526. The molecule has 0 saturated carbocycles. The van der Waals surface area contributed by atoms with E-state index in [1.165, 1.54) is 0 Å². The first-order valence-electron chi connectivity index (χ1n) is 9.46. The van der Waals surface area contributed by atoms with E-state index in [9.17, 15) is 18.0 Å². The third-order valence-electron chi connectivity index (χ3n) is 4.26. The molecular weight excluding hydrogens is 385 g/mol. The van der Waals surface area contributed by atoms with Crippen LogP contribution in [0.3, 0.4) is 0 Å². The van der Waals surface area contributed by atoms with Crippen LogP contribution in [-0.4, -0.2) is 65.7 Å². The summed E-state index contributed by atoms with van der Waals surface area (Å²) >= 11 is 0. The van der Waals surface area contributed by atoms with Crippen LogP contribution in [0.15, 0.2) is 29.3 Å². The summed E-state index contributed by atoms with van der Waals surface area (Å²) in [5.74, 6) is 0.638. The fourth-order valence-corrected chi connectivity index (χ4v) is 2.89. The Morgan fingerprint density at radius 1 is 1.28 bits per heavy atom. The first-order valence-corrected chi connectivity index (χ1v) is 9.46. The molecule has 0 aliphatic heterocycles. The van der Waals surface area contributed by atoms with Crippen molar-refractivity contribution in [3.8, 4) is 0 Å². The summed E-state index contributed by atoms with van der Waals surface area (Å²) in [5, 5.41) is 6.09. The highest BCUT2D eigenvalue weighted by Crippen LogP contribution is 2.16. The summed E-state index contributed by atoms with van der Waals surface area (Å²) in [7, 11) is 1.11. The second-order valence-electron chi connectivity index (χ2n) is 6.64. The minimum Gasteiger partial charge on any atom is -0.357 e. The molecule has 0 unspecified atom stereocenters. The van der Waals surface area contributed by atoms with Crippen LogP contribution in [0.25, 0.3) is 11.0 Å². The van der Waals surface area contributed by atoms with Crippen molar-refractivity contribution in [2.75, 3.05) is 33.2 Å². The number of aromatic nitrogens is 2. The van der Waals surface area contributed by atoms with E-state index < -0.39 is 18.6 Å². The largest absolute Gasteiger partial charge is 0.406 e. The number of nitrogens with one attached hydrogen (secondary N) is 2. The molecule has 0 spiro atoms. The maximum absolute atomic E-state index is 12.4. The number of aryl methyl sites for hydroxylation is 2. The summed E-state index contributed by atoms with van der Waals surface area (Å²) < 4.78 is 39.3. The SMILES string of the molecule is CCNC(=NCC(=O)N(C)CC(F)(F)F)NCCCn1c(C)nc2ccccc21. The number of amides is 1. The average Bonchev–Trinajstić information content (AvgIpc) is 2.96. The molecule has 0 bridgehead atoms. The zero-order valence-corrected chi connectivity index (χ0v) is 16.9. The van der Waals surface area contributed by atoms with Crippen LogP contribution in [0.2, 0.25) is 0 Å². The van der Waals surface area contributed by atoms with Crippen LogP contribution in [0.4, 0.5) is 13.2 Å². The van der Waals surface area contributed by atoms with Crippen molar-refractivity contribution in [3.05, 3.63) is 30.1 Å². The van der Waals surface area contributed by atoms with Gasteiger partial charge in [0.25, 0.3) is 0 Å². The number of hydrogen-bond donors (Lipinski definition) is 2. The number of rotatable bonds is 8. The lowest BCUT2D eigenvalue weighted by atomic mass is 10.3. The molecule has 0 atom stereocenters. The van der Waals surface area contributed by atoms with E-state index >= 15 is 0 Å². The van der Waals surface area contributed by atoms with Crippen LogP contribution >= 0.6 is 0 Å². The summed E-state index contributed by atoms with van der Waals surface area (Å²) in [6.07, 6.45) is -3.64. The number of hydrogen-bond acceptors (Lipinski definition) is 3. The lowest BCUT2D eigenvalue weighted by Crippen LogP contribution is -2.40. The number of guanidine groups is 1. The van der Waals surface area contributed by atoms with Crippen LogP contribution in [-0.2, 0) is 11.3 Å². The van der Waals surface area contributed by atoms with Gasteiger partial charge in [0.05, 0.1) is 11.0 Å². The van der Waals surface area contributed by atoms with Crippen LogP contribution in [0.5, 0.6) is 0 Å². The Kier molecular flexibility index (Phi) is 7.86. The molecule has 0 saturated heterocycles. The van der Waals surface area contributed by atoms with E-state index in [0.717, 1.165) is 36.9 Å². The highest BCUT2D eigenvalue weighted by Gasteiger charge is 2.31. The van der Waals surface area contributed by atoms with Crippen molar-refractivity contribution >= 4 is 22.9 Å². The smallest absolute Gasteiger partial charge is 0.357 e. The van der Waals surface area contributed by atoms with E-state index in [0.29, 0.717) is 23.9 Å². The second kappa shape index (κ2) is 10.1. The van der Waals surface area contributed by atoms with Crippen molar-refractivity contribution in [2.24, 2.45) is 4.99 Å². The highest BCUT2D eigenvalue weighted by molar-refractivity contribution is 5.84. The van der Waals surface area contributed by atoms with Gasteiger partial charge in [0.1, 0.15) is 18.9 Å². The maximum atomic E-state index is 12.4. The molecule has 0 fully saturated rings. The van der Waals surface area contributed by atoms with Crippen LogP contribution in [0.1, 0.15) is 19.2 Å². The topological polar surface area (TPSA) is 74.6 Å². The number of alkyl halides is 3. The van der Waals surface area contributed by atoms with E-state index in [1.54, 1.807) is 0 Å². The van der Waals surface area contributed by atoms with Crippen molar-refractivity contribution in [3.63, 3.8) is 0 Å². The zero-order chi connectivity index (χ0) is 21.4. The Bertz CT molecular complexity index is 846. The second-order valence-corrected chi connectivity index (χ2v) is 6.64. The van der Waals surface area contributed by atoms with Gasteiger partial charge in [-0.15, -0.1) is 0 Å². The molecule has 2 rings (SSSR count). The number of nitrogens with zero attached hydrogens (tertiary/aromatic N) is 4. The van der Waals surface area contributed by atoms with Gasteiger partial charge in [-0.25, -0.2) is 9.98 Å². The quantitative estimate of drug-likeness (QED) is 0.396. The number of imidazole rings is 1. The van der Waals surface area contributed by atoms with Gasteiger partial charge in [0.2, 0.25) is 5.91 Å². The van der Waals surface area contributed by atoms with Crippen molar-refractivity contribution in [1.29, 1.82) is 0 Å². The lowest BCUT2D eigenvalue weighted by Gasteiger charge is -2.18. The van der Waals surface area contributed by atoms with E-state index in [1.807, 2.05) is 38.1 Å². The Morgan fingerprint density at radius 3 is 2.69 bits per heavy atom. The minimum atomic E-state index is -4.42. The molecule has 160 valence electrons. The van der Waals surface area contributed by atoms with Crippen molar-refractivity contribution in [1.82, 2.24) is 25.1 Å². The number of halogens is 3. The Labute approximate surface area is 168 Å². The summed E-state index contributed by atoms with van der Waals surface area (Å²) in [6, 6.07) is 7.92. The first kappa shape index (κ1) is 22.5. The van der Waals surface area contributed by atoms with Gasteiger partial charge in [-0.2, -0.15) is 13.2 Å². The average molecular weight is 412 g/mol. The summed E-state index contributed by atoms with van der Waals surface area (Å²) in [4.78, 5) is 21.1. The van der Waals surface area contributed by atoms with Gasteiger partial charge < -0.3 is 20.1 Å². The number of likely N-dealkylation sites (N-methyl/N-ethyl adjacent to an activating group) is 1. The Balaban J connectivity index is 1.86. The molecule has 1 aromatic heterocycles.